The second-order valence-electron chi connectivity index (χ2n) is 4.31. The first kappa shape index (κ1) is 13.4. The number of carbonyl (C=O) groups excluding carboxylic acids is 1. The van der Waals surface area contributed by atoms with Crippen LogP contribution < -0.4 is 5.32 Å². The van der Waals surface area contributed by atoms with Crippen LogP contribution in [0.2, 0.25) is 0 Å². The van der Waals surface area contributed by atoms with Crippen molar-refractivity contribution in [1.29, 1.82) is 0 Å². The minimum atomic E-state index is -4.43. The molecule has 0 aliphatic heterocycles. The standard InChI is InChI=1S/C12H11BrF3NO/c13-10-5-4-8(6-9(10)12(14,15)16)17-11(18)7-2-1-3-7/h4-7H,1-3H2,(H,17,18). The van der Waals surface area contributed by atoms with Crippen LogP contribution in [0, 0.1) is 5.92 Å². The molecule has 2 rings (SSSR count). The molecule has 1 aromatic carbocycles. The summed E-state index contributed by atoms with van der Waals surface area (Å²) in [6.07, 6.45) is -1.80. The molecule has 0 heterocycles. The SMILES string of the molecule is O=C(Nc1ccc(Br)c(C(F)(F)F)c1)C1CCC1. The Morgan fingerprint density at radius 3 is 2.50 bits per heavy atom. The van der Waals surface area contributed by atoms with E-state index in [-0.39, 0.29) is 22.0 Å². The second kappa shape index (κ2) is 4.91. The lowest BCUT2D eigenvalue weighted by molar-refractivity contribution is -0.138. The monoisotopic (exact) mass is 321 g/mol. The van der Waals surface area contributed by atoms with Gasteiger partial charge in [0.1, 0.15) is 0 Å². The molecule has 1 aromatic rings. The molecule has 2 nitrogen and oxygen atoms in total. The molecule has 18 heavy (non-hydrogen) atoms. The van der Waals surface area contributed by atoms with Gasteiger partial charge < -0.3 is 5.32 Å². The summed E-state index contributed by atoms with van der Waals surface area (Å²) >= 11 is 2.85. The van der Waals surface area contributed by atoms with Crippen LogP contribution in [0.25, 0.3) is 0 Å². The topological polar surface area (TPSA) is 29.1 Å². The van der Waals surface area contributed by atoms with Gasteiger partial charge in [-0.2, -0.15) is 13.2 Å². The number of rotatable bonds is 2. The van der Waals surface area contributed by atoms with Crippen LogP contribution in [-0.2, 0) is 11.0 Å². The van der Waals surface area contributed by atoms with E-state index in [0.29, 0.717) is 0 Å². The number of carbonyl (C=O) groups is 1. The van der Waals surface area contributed by atoms with Crippen LogP contribution in [0.3, 0.4) is 0 Å². The quantitative estimate of drug-likeness (QED) is 0.868. The largest absolute Gasteiger partial charge is 0.417 e. The Hall–Kier alpha value is -1.04. The Kier molecular flexibility index (Phi) is 3.66. The van der Waals surface area contributed by atoms with Crippen molar-refractivity contribution < 1.29 is 18.0 Å². The first-order chi connectivity index (χ1) is 8.38. The molecule has 0 aromatic heterocycles. The van der Waals surface area contributed by atoms with E-state index in [2.05, 4.69) is 21.2 Å². The van der Waals surface area contributed by atoms with Gasteiger partial charge in [-0.1, -0.05) is 22.4 Å². The summed E-state index contributed by atoms with van der Waals surface area (Å²) in [5.74, 6) is -0.250. The molecule has 0 atom stereocenters. The molecule has 0 radical (unpaired) electrons. The van der Waals surface area contributed by atoms with E-state index in [0.717, 1.165) is 25.3 Å². The van der Waals surface area contributed by atoms with Crippen molar-refractivity contribution in [3.63, 3.8) is 0 Å². The summed E-state index contributed by atoms with van der Waals surface area (Å²) in [6, 6.07) is 3.69. The Morgan fingerprint density at radius 2 is 2.00 bits per heavy atom. The lowest BCUT2D eigenvalue weighted by Crippen LogP contribution is -2.28. The van der Waals surface area contributed by atoms with Gasteiger partial charge in [0.2, 0.25) is 5.91 Å². The van der Waals surface area contributed by atoms with Crippen molar-refractivity contribution in [3.8, 4) is 0 Å². The molecule has 0 spiro atoms. The first-order valence-electron chi connectivity index (χ1n) is 5.55. The lowest BCUT2D eigenvalue weighted by Gasteiger charge is -2.24. The van der Waals surface area contributed by atoms with Crippen molar-refractivity contribution in [2.45, 2.75) is 25.4 Å². The third-order valence-electron chi connectivity index (χ3n) is 3.02. The minimum absolute atomic E-state index is 0.0309. The molecule has 1 aliphatic carbocycles. The summed E-state index contributed by atoms with van der Waals surface area (Å²) in [4.78, 5) is 11.6. The van der Waals surface area contributed by atoms with Crippen LogP contribution in [0.4, 0.5) is 18.9 Å². The fourth-order valence-electron chi connectivity index (χ4n) is 1.74. The van der Waals surface area contributed by atoms with Gasteiger partial charge in [0.25, 0.3) is 0 Å². The molecule has 0 unspecified atom stereocenters. The highest BCUT2D eigenvalue weighted by molar-refractivity contribution is 9.10. The van der Waals surface area contributed by atoms with E-state index >= 15 is 0 Å². The third kappa shape index (κ3) is 2.85. The van der Waals surface area contributed by atoms with Gasteiger partial charge in [-0.05, 0) is 31.0 Å². The maximum atomic E-state index is 12.7. The van der Waals surface area contributed by atoms with Crippen molar-refractivity contribution in [3.05, 3.63) is 28.2 Å². The van der Waals surface area contributed by atoms with Crippen LogP contribution in [0.15, 0.2) is 22.7 Å². The third-order valence-corrected chi connectivity index (χ3v) is 3.71. The number of nitrogens with one attached hydrogen (secondary N) is 1. The number of amides is 1. The maximum absolute atomic E-state index is 12.7. The fourth-order valence-corrected chi connectivity index (χ4v) is 2.21. The van der Waals surface area contributed by atoms with Gasteiger partial charge in [-0.3, -0.25) is 4.79 Å². The van der Waals surface area contributed by atoms with Crippen molar-refractivity contribution >= 4 is 27.5 Å². The molecule has 98 valence electrons. The van der Waals surface area contributed by atoms with Crippen LogP contribution >= 0.6 is 15.9 Å². The zero-order valence-electron chi connectivity index (χ0n) is 9.35. The van der Waals surface area contributed by atoms with Crippen LogP contribution in [-0.4, -0.2) is 5.91 Å². The molecular weight excluding hydrogens is 311 g/mol. The molecule has 1 amide bonds. The predicted octanol–water partition coefficient (Wildman–Crippen LogP) is 4.21. The number of hydrogen-bond donors (Lipinski definition) is 1. The zero-order chi connectivity index (χ0) is 13.3. The molecule has 0 bridgehead atoms. The minimum Gasteiger partial charge on any atom is -0.326 e. The highest BCUT2D eigenvalue weighted by Crippen LogP contribution is 2.36. The number of anilines is 1. The normalized spacial score (nSPS) is 16.2. The summed E-state index contributed by atoms with van der Waals surface area (Å²) in [5, 5.41) is 2.52. The maximum Gasteiger partial charge on any atom is 0.417 e. The highest BCUT2D eigenvalue weighted by Gasteiger charge is 2.33. The molecule has 6 heteroatoms. The van der Waals surface area contributed by atoms with Gasteiger partial charge in [0.05, 0.1) is 5.56 Å². The Balaban J connectivity index is 2.16. The Morgan fingerprint density at radius 1 is 1.33 bits per heavy atom. The number of halogens is 4. The van der Waals surface area contributed by atoms with Crippen LogP contribution in [0.1, 0.15) is 24.8 Å². The van der Waals surface area contributed by atoms with Gasteiger partial charge in [-0.15, -0.1) is 0 Å². The lowest BCUT2D eigenvalue weighted by atomic mass is 9.85. The average molecular weight is 322 g/mol. The van der Waals surface area contributed by atoms with Gasteiger partial charge in [0.15, 0.2) is 0 Å². The van der Waals surface area contributed by atoms with E-state index in [1.54, 1.807) is 0 Å². The molecule has 1 N–H and O–H groups in total. The van der Waals surface area contributed by atoms with Crippen molar-refractivity contribution in [1.82, 2.24) is 0 Å². The molecule has 0 saturated heterocycles. The Labute approximate surface area is 111 Å². The predicted molar refractivity (Wildman–Crippen MR) is 65.1 cm³/mol. The number of hydrogen-bond acceptors (Lipinski definition) is 1. The Bertz CT molecular complexity index is 469. The summed E-state index contributed by atoms with van der Waals surface area (Å²) in [6.45, 7) is 0. The van der Waals surface area contributed by atoms with Gasteiger partial charge in [-0.25, -0.2) is 0 Å². The average Bonchev–Trinajstić information content (AvgIpc) is 2.16. The molecule has 1 aliphatic rings. The smallest absolute Gasteiger partial charge is 0.326 e. The summed E-state index contributed by atoms with van der Waals surface area (Å²) in [5.41, 5.74) is -0.601. The molecule has 1 saturated carbocycles. The second-order valence-corrected chi connectivity index (χ2v) is 5.16. The van der Waals surface area contributed by atoms with Crippen molar-refractivity contribution in [2.75, 3.05) is 5.32 Å². The number of benzene rings is 1. The van der Waals surface area contributed by atoms with E-state index in [1.165, 1.54) is 12.1 Å². The summed E-state index contributed by atoms with van der Waals surface area (Å²) < 4.78 is 37.9. The summed E-state index contributed by atoms with van der Waals surface area (Å²) in [7, 11) is 0. The van der Waals surface area contributed by atoms with Crippen molar-refractivity contribution in [2.24, 2.45) is 5.92 Å². The molecular formula is C12H11BrF3NO. The van der Waals surface area contributed by atoms with E-state index in [1.807, 2.05) is 0 Å². The fraction of sp³-hybridized carbons (Fsp3) is 0.417. The van der Waals surface area contributed by atoms with E-state index in [4.69, 9.17) is 0 Å². The first-order valence-corrected chi connectivity index (χ1v) is 6.35. The zero-order valence-corrected chi connectivity index (χ0v) is 10.9. The number of alkyl halides is 3. The van der Waals surface area contributed by atoms with Gasteiger partial charge in [0, 0.05) is 16.1 Å². The van der Waals surface area contributed by atoms with E-state index in [9.17, 15) is 18.0 Å². The van der Waals surface area contributed by atoms with Gasteiger partial charge >= 0.3 is 6.18 Å². The molecule has 1 fully saturated rings. The van der Waals surface area contributed by atoms with Crippen LogP contribution in [0.5, 0.6) is 0 Å². The van der Waals surface area contributed by atoms with E-state index < -0.39 is 11.7 Å². The highest BCUT2D eigenvalue weighted by atomic mass is 79.9.